The first-order chi connectivity index (χ1) is 13.6. The molecule has 0 aliphatic carbocycles. The van der Waals surface area contributed by atoms with Crippen LogP contribution < -0.4 is 0 Å². The highest BCUT2D eigenvalue weighted by Crippen LogP contribution is 2.27. The molecular formula is C22H18N4S2. The van der Waals surface area contributed by atoms with Gasteiger partial charge in [-0.05, 0) is 49.2 Å². The van der Waals surface area contributed by atoms with E-state index in [4.69, 9.17) is 0 Å². The van der Waals surface area contributed by atoms with Crippen molar-refractivity contribution < 1.29 is 0 Å². The van der Waals surface area contributed by atoms with Gasteiger partial charge in [-0.1, -0.05) is 24.3 Å². The van der Waals surface area contributed by atoms with Gasteiger partial charge in [0.05, 0.1) is 11.1 Å². The highest BCUT2D eigenvalue weighted by Gasteiger charge is 2.08. The van der Waals surface area contributed by atoms with Gasteiger partial charge in [-0.25, -0.2) is 9.97 Å². The maximum atomic E-state index is 9.26. The second-order valence-electron chi connectivity index (χ2n) is 6.23. The van der Waals surface area contributed by atoms with E-state index < -0.39 is 0 Å². The minimum absolute atomic E-state index is 0.608. The Kier molecular flexibility index (Phi) is 6.71. The summed E-state index contributed by atoms with van der Waals surface area (Å²) in [6, 6.07) is 20.1. The molecule has 6 heteroatoms. The molecule has 2 aromatic heterocycles. The summed E-state index contributed by atoms with van der Waals surface area (Å²) in [5.74, 6) is 1.49. The number of nitriles is 2. The standard InChI is InChI=1S/C22H18N4S2/c1-15-6-8-19(11-23)21(25-15)27-13-17-4-3-5-18(10-17)14-28-22-20(12-24)9-7-16(2)26-22/h3-10H,13-14H2,1-2H3. The van der Waals surface area contributed by atoms with Gasteiger partial charge in [0.25, 0.3) is 0 Å². The molecular weight excluding hydrogens is 384 g/mol. The fourth-order valence-electron chi connectivity index (χ4n) is 2.57. The molecule has 2 heterocycles. The van der Waals surface area contributed by atoms with E-state index in [1.807, 2.05) is 44.2 Å². The Morgan fingerprint density at radius 2 is 1.21 bits per heavy atom. The molecule has 0 radical (unpaired) electrons. The molecule has 0 amide bonds. The van der Waals surface area contributed by atoms with Crippen LogP contribution in [0.1, 0.15) is 33.6 Å². The number of nitrogens with zero attached hydrogens (tertiary/aromatic N) is 4. The number of rotatable bonds is 6. The van der Waals surface area contributed by atoms with Gasteiger partial charge in [0.1, 0.15) is 22.2 Å². The Morgan fingerprint density at radius 3 is 1.64 bits per heavy atom. The number of pyridine rings is 2. The summed E-state index contributed by atoms with van der Waals surface area (Å²) in [7, 11) is 0. The zero-order valence-corrected chi connectivity index (χ0v) is 17.3. The van der Waals surface area contributed by atoms with Crippen molar-refractivity contribution in [3.63, 3.8) is 0 Å². The van der Waals surface area contributed by atoms with Crippen LogP contribution in [-0.4, -0.2) is 9.97 Å². The van der Waals surface area contributed by atoms with Gasteiger partial charge >= 0.3 is 0 Å². The van der Waals surface area contributed by atoms with Crippen molar-refractivity contribution in [3.8, 4) is 12.1 Å². The van der Waals surface area contributed by atoms with Crippen LogP contribution in [-0.2, 0) is 11.5 Å². The van der Waals surface area contributed by atoms with Crippen LogP contribution in [0.25, 0.3) is 0 Å². The zero-order chi connectivity index (χ0) is 19.9. The number of thioether (sulfide) groups is 2. The maximum absolute atomic E-state index is 9.26. The van der Waals surface area contributed by atoms with Crippen molar-refractivity contribution in [2.45, 2.75) is 35.4 Å². The molecule has 138 valence electrons. The fourth-order valence-corrected chi connectivity index (χ4v) is 4.49. The molecule has 0 saturated heterocycles. The van der Waals surface area contributed by atoms with Crippen LogP contribution >= 0.6 is 23.5 Å². The van der Waals surface area contributed by atoms with Gasteiger partial charge in [0.15, 0.2) is 0 Å². The van der Waals surface area contributed by atoms with Gasteiger partial charge in [-0.3, -0.25) is 0 Å². The van der Waals surface area contributed by atoms with E-state index >= 15 is 0 Å². The minimum Gasteiger partial charge on any atom is -0.245 e. The van der Waals surface area contributed by atoms with Crippen LogP contribution in [0, 0.1) is 36.5 Å². The largest absolute Gasteiger partial charge is 0.245 e. The molecule has 3 aromatic rings. The van der Waals surface area contributed by atoms with Gasteiger partial charge in [0, 0.05) is 22.9 Å². The van der Waals surface area contributed by atoms with Gasteiger partial charge in [-0.2, -0.15) is 10.5 Å². The third-order valence-electron chi connectivity index (χ3n) is 3.98. The second kappa shape index (κ2) is 9.41. The van der Waals surface area contributed by atoms with E-state index in [1.165, 1.54) is 11.1 Å². The van der Waals surface area contributed by atoms with Crippen LogP contribution in [0.4, 0.5) is 0 Å². The Labute approximate surface area is 173 Å². The van der Waals surface area contributed by atoms with Crippen LogP contribution in [0.15, 0.2) is 58.6 Å². The maximum Gasteiger partial charge on any atom is 0.114 e. The van der Waals surface area contributed by atoms with Crippen LogP contribution in [0.3, 0.4) is 0 Å². The Morgan fingerprint density at radius 1 is 0.750 bits per heavy atom. The fraction of sp³-hybridized carbons (Fsp3) is 0.182. The quantitative estimate of drug-likeness (QED) is 0.513. The first-order valence-corrected chi connectivity index (χ1v) is 10.6. The predicted octanol–water partition coefficient (Wildman–Crippen LogP) is 5.42. The predicted molar refractivity (Wildman–Crippen MR) is 113 cm³/mol. The molecule has 3 rings (SSSR count). The molecule has 0 aliphatic rings. The van der Waals surface area contributed by atoms with Crippen molar-refractivity contribution in [2.24, 2.45) is 0 Å². The van der Waals surface area contributed by atoms with E-state index in [0.29, 0.717) is 11.1 Å². The van der Waals surface area contributed by atoms with Gasteiger partial charge in [0.2, 0.25) is 0 Å². The van der Waals surface area contributed by atoms with Crippen LogP contribution in [0.2, 0.25) is 0 Å². The molecule has 1 aromatic carbocycles. The van der Waals surface area contributed by atoms with E-state index in [-0.39, 0.29) is 0 Å². The number of benzene rings is 1. The molecule has 0 unspecified atom stereocenters. The molecule has 0 spiro atoms. The monoisotopic (exact) mass is 402 g/mol. The second-order valence-corrected chi connectivity index (χ2v) is 8.16. The molecule has 0 bridgehead atoms. The summed E-state index contributed by atoms with van der Waals surface area (Å²) in [5.41, 5.74) is 5.38. The lowest BCUT2D eigenvalue weighted by Crippen LogP contribution is -1.92. The Bertz CT molecular complexity index is 998. The highest BCUT2D eigenvalue weighted by atomic mass is 32.2. The molecule has 28 heavy (non-hydrogen) atoms. The number of hydrogen-bond donors (Lipinski definition) is 0. The number of hydrogen-bond acceptors (Lipinski definition) is 6. The van der Waals surface area contributed by atoms with Crippen molar-refractivity contribution >= 4 is 23.5 Å². The topological polar surface area (TPSA) is 73.4 Å². The van der Waals surface area contributed by atoms with Crippen LogP contribution in [0.5, 0.6) is 0 Å². The Hall–Kier alpha value is -2.80. The molecule has 0 N–H and O–H groups in total. The van der Waals surface area contributed by atoms with E-state index in [1.54, 1.807) is 23.5 Å². The molecule has 0 saturated carbocycles. The SMILES string of the molecule is Cc1ccc(C#N)c(SCc2cccc(CSc3nc(C)ccc3C#N)c2)n1. The van der Waals surface area contributed by atoms with E-state index in [0.717, 1.165) is 32.9 Å². The van der Waals surface area contributed by atoms with Crippen molar-refractivity contribution in [1.82, 2.24) is 9.97 Å². The lowest BCUT2D eigenvalue weighted by molar-refractivity contribution is 1.05. The summed E-state index contributed by atoms with van der Waals surface area (Å²) in [6.45, 7) is 3.86. The molecule has 0 aliphatic heterocycles. The van der Waals surface area contributed by atoms with E-state index in [2.05, 4.69) is 40.3 Å². The number of aryl methyl sites for hydroxylation is 2. The summed E-state index contributed by atoms with van der Waals surface area (Å²) < 4.78 is 0. The lowest BCUT2D eigenvalue weighted by Gasteiger charge is -2.08. The normalized spacial score (nSPS) is 10.3. The van der Waals surface area contributed by atoms with Crippen molar-refractivity contribution in [3.05, 3.63) is 82.2 Å². The molecule has 4 nitrogen and oxygen atoms in total. The first-order valence-electron chi connectivity index (χ1n) is 8.68. The third-order valence-corrected chi connectivity index (χ3v) is 6.11. The molecule has 0 atom stereocenters. The summed E-state index contributed by atoms with van der Waals surface area (Å²) in [5, 5.41) is 20.0. The van der Waals surface area contributed by atoms with Crippen molar-refractivity contribution in [1.29, 1.82) is 10.5 Å². The lowest BCUT2D eigenvalue weighted by atomic mass is 10.2. The van der Waals surface area contributed by atoms with Crippen molar-refractivity contribution in [2.75, 3.05) is 0 Å². The average Bonchev–Trinajstić information content (AvgIpc) is 2.71. The minimum atomic E-state index is 0.608. The summed E-state index contributed by atoms with van der Waals surface area (Å²) in [6.07, 6.45) is 0. The molecule has 0 fully saturated rings. The zero-order valence-electron chi connectivity index (χ0n) is 15.6. The summed E-state index contributed by atoms with van der Waals surface area (Å²) in [4.78, 5) is 8.96. The number of aromatic nitrogens is 2. The van der Waals surface area contributed by atoms with Gasteiger partial charge in [-0.15, -0.1) is 23.5 Å². The third kappa shape index (κ3) is 5.13. The summed E-state index contributed by atoms with van der Waals surface area (Å²) >= 11 is 3.15. The Balaban J connectivity index is 1.68. The van der Waals surface area contributed by atoms with Gasteiger partial charge < -0.3 is 0 Å². The van der Waals surface area contributed by atoms with E-state index in [9.17, 15) is 10.5 Å². The first kappa shape index (κ1) is 19.9. The smallest absolute Gasteiger partial charge is 0.114 e. The average molecular weight is 403 g/mol. The highest BCUT2D eigenvalue weighted by molar-refractivity contribution is 7.98.